The number of thioether (sulfide) groups is 1. The summed E-state index contributed by atoms with van der Waals surface area (Å²) in [7, 11) is -1.75. The molecule has 0 atom stereocenters. The van der Waals surface area contributed by atoms with Gasteiger partial charge in [0.15, 0.2) is 5.82 Å². The van der Waals surface area contributed by atoms with Gasteiger partial charge in [-0.25, -0.2) is 13.4 Å². The van der Waals surface area contributed by atoms with E-state index in [1.807, 2.05) is 6.26 Å². The molecule has 0 aliphatic rings. The van der Waals surface area contributed by atoms with E-state index in [0.29, 0.717) is 21.8 Å². The molecule has 21 heavy (non-hydrogen) atoms. The van der Waals surface area contributed by atoms with Crippen LogP contribution in [-0.2, 0) is 17.1 Å². The van der Waals surface area contributed by atoms with Crippen molar-refractivity contribution in [2.75, 3.05) is 17.2 Å². The number of sulfonamides is 1. The molecule has 1 N–H and O–H groups in total. The molecule has 0 radical (unpaired) electrons. The van der Waals surface area contributed by atoms with E-state index in [1.165, 1.54) is 16.3 Å². The normalized spacial score (nSPS) is 12.2. The summed E-state index contributed by atoms with van der Waals surface area (Å²) in [6.45, 7) is 1.72. The van der Waals surface area contributed by atoms with Crippen LogP contribution in [0, 0.1) is 6.92 Å². The number of anilines is 1. The first-order chi connectivity index (χ1) is 9.80. The van der Waals surface area contributed by atoms with Crippen LogP contribution in [-0.4, -0.2) is 39.8 Å². The van der Waals surface area contributed by atoms with Crippen LogP contribution in [0.5, 0.6) is 0 Å². The lowest BCUT2D eigenvalue weighted by atomic mass is 10.5. The van der Waals surface area contributed by atoms with E-state index >= 15 is 0 Å². The zero-order chi connectivity index (χ0) is 15.6. The summed E-state index contributed by atoms with van der Waals surface area (Å²) >= 11 is 2.56. The SMILES string of the molecule is CSc1nsc(/N=N/c2c(C)nc(NS(C)(=O)=O)n2C)n1. The molecule has 9 nitrogen and oxygen atoms in total. The van der Waals surface area contributed by atoms with E-state index in [2.05, 4.69) is 29.3 Å². The molecule has 2 heterocycles. The van der Waals surface area contributed by atoms with Crippen molar-refractivity contribution in [2.24, 2.45) is 17.3 Å². The Balaban J connectivity index is 2.28. The van der Waals surface area contributed by atoms with Gasteiger partial charge in [0, 0.05) is 18.6 Å². The lowest BCUT2D eigenvalue weighted by Crippen LogP contribution is -2.13. The minimum atomic E-state index is -3.40. The molecule has 2 aromatic heterocycles. The van der Waals surface area contributed by atoms with E-state index in [9.17, 15) is 8.42 Å². The molecule has 0 aromatic carbocycles. The maximum Gasteiger partial charge on any atom is 0.250 e. The molecule has 0 fully saturated rings. The number of rotatable bonds is 5. The molecule has 0 aliphatic heterocycles. The lowest BCUT2D eigenvalue weighted by molar-refractivity contribution is 0.606. The first kappa shape index (κ1) is 15.9. The van der Waals surface area contributed by atoms with Crippen LogP contribution in [0.1, 0.15) is 5.69 Å². The third-order valence-electron chi connectivity index (χ3n) is 2.32. The molecular weight excluding hydrogens is 334 g/mol. The van der Waals surface area contributed by atoms with Gasteiger partial charge in [-0.15, -0.1) is 10.2 Å². The fourth-order valence-electron chi connectivity index (χ4n) is 1.44. The minimum Gasteiger partial charge on any atom is -0.296 e. The molecule has 0 saturated carbocycles. The van der Waals surface area contributed by atoms with Crippen LogP contribution in [0.15, 0.2) is 15.4 Å². The Kier molecular flexibility index (Phi) is 4.58. The molecule has 0 saturated heterocycles. The van der Waals surface area contributed by atoms with Crippen LogP contribution in [0.4, 0.5) is 16.9 Å². The minimum absolute atomic E-state index is 0.186. The van der Waals surface area contributed by atoms with Crippen molar-refractivity contribution < 1.29 is 8.42 Å². The van der Waals surface area contributed by atoms with Crippen LogP contribution in [0.2, 0.25) is 0 Å². The maximum atomic E-state index is 11.3. The van der Waals surface area contributed by atoms with Crippen molar-refractivity contribution in [1.29, 1.82) is 0 Å². The molecule has 0 amide bonds. The highest BCUT2D eigenvalue weighted by Gasteiger charge is 2.14. The van der Waals surface area contributed by atoms with E-state index in [1.54, 1.807) is 14.0 Å². The van der Waals surface area contributed by atoms with Gasteiger partial charge in [0.1, 0.15) is 0 Å². The van der Waals surface area contributed by atoms with Gasteiger partial charge in [0.25, 0.3) is 0 Å². The lowest BCUT2D eigenvalue weighted by Gasteiger charge is -2.03. The predicted molar refractivity (Wildman–Crippen MR) is 82.3 cm³/mol. The van der Waals surface area contributed by atoms with Gasteiger partial charge in [-0.05, 0) is 13.2 Å². The van der Waals surface area contributed by atoms with Crippen LogP contribution in [0.3, 0.4) is 0 Å². The Morgan fingerprint density at radius 2 is 2.05 bits per heavy atom. The second-order valence-electron chi connectivity index (χ2n) is 4.04. The number of azo groups is 1. The summed E-state index contributed by atoms with van der Waals surface area (Å²) in [6, 6.07) is 0. The second-order valence-corrected chi connectivity index (χ2v) is 7.29. The van der Waals surface area contributed by atoms with Crippen LogP contribution < -0.4 is 4.72 Å². The zero-order valence-corrected chi connectivity index (χ0v) is 14.2. The van der Waals surface area contributed by atoms with E-state index in [-0.39, 0.29) is 5.95 Å². The zero-order valence-electron chi connectivity index (χ0n) is 11.7. The van der Waals surface area contributed by atoms with Crippen molar-refractivity contribution in [2.45, 2.75) is 12.1 Å². The van der Waals surface area contributed by atoms with Crippen molar-refractivity contribution in [1.82, 2.24) is 18.9 Å². The fourth-order valence-corrected chi connectivity index (χ4v) is 3.00. The number of aryl methyl sites for hydroxylation is 1. The van der Waals surface area contributed by atoms with E-state index < -0.39 is 10.0 Å². The van der Waals surface area contributed by atoms with Crippen LogP contribution in [0.25, 0.3) is 0 Å². The Morgan fingerprint density at radius 1 is 1.33 bits per heavy atom. The number of nitrogens with zero attached hydrogens (tertiary/aromatic N) is 6. The topological polar surface area (TPSA) is 114 Å². The molecule has 12 heteroatoms. The Hall–Kier alpha value is -1.53. The number of hydrogen-bond acceptors (Lipinski definition) is 9. The molecule has 0 bridgehead atoms. The summed E-state index contributed by atoms with van der Waals surface area (Å²) in [4.78, 5) is 8.25. The average molecular weight is 347 g/mol. The van der Waals surface area contributed by atoms with Gasteiger partial charge in [0.05, 0.1) is 11.9 Å². The monoisotopic (exact) mass is 347 g/mol. The van der Waals surface area contributed by atoms with Gasteiger partial charge >= 0.3 is 0 Å². The van der Waals surface area contributed by atoms with Gasteiger partial charge in [-0.2, -0.15) is 9.36 Å². The summed E-state index contributed by atoms with van der Waals surface area (Å²) in [5.41, 5.74) is 0.557. The Labute approximate surface area is 130 Å². The molecule has 2 aromatic rings. The highest BCUT2D eigenvalue weighted by atomic mass is 32.2. The van der Waals surface area contributed by atoms with Crippen molar-refractivity contribution in [3.63, 3.8) is 0 Å². The number of aromatic nitrogens is 4. The number of imidazole rings is 1. The van der Waals surface area contributed by atoms with Gasteiger partial charge in [-0.1, -0.05) is 11.8 Å². The van der Waals surface area contributed by atoms with Gasteiger partial charge in [-0.3, -0.25) is 9.29 Å². The van der Waals surface area contributed by atoms with Crippen molar-refractivity contribution in [3.8, 4) is 0 Å². The average Bonchev–Trinajstić information content (AvgIpc) is 2.93. The third-order valence-corrected chi connectivity index (χ3v) is 4.14. The van der Waals surface area contributed by atoms with Crippen LogP contribution >= 0.6 is 23.3 Å². The molecule has 0 unspecified atom stereocenters. The van der Waals surface area contributed by atoms with Crippen molar-refractivity contribution >= 4 is 50.2 Å². The first-order valence-corrected chi connectivity index (χ1v) is 9.49. The van der Waals surface area contributed by atoms with E-state index in [0.717, 1.165) is 17.8 Å². The highest BCUT2D eigenvalue weighted by molar-refractivity contribution is 7.98. The standard InChI is InChI=1S/C9H13N7O2S3/c1-5-6(12-13-8-11-9(19-3)14-20-8)16(2)7(10-5)15-21(4,17)18/h1-4H3,(H,10,15)/b13-12+. The summed E-state index contributed by atoms with van der Waals surface area (Å²) in [6.07, 6.45) is 2.93. The molecule has 0 aliphatic carbocycles. The second kappa shape index (κ2) is 6.07. The molecule has 2 rings (SSSR count). The maximum absolute atomic E-state index is 11.3. The third kappa shape index (κ3) is 3.98. The molecule has 0 spiro atoms. The number of hydrogen-bond donors (Lipinski definition) is 1. The largest absolute Gasteiger partial charge is 0.296 e. The van der Waals surface area contributed by atoms with Gasteiger partial charge in [0.2, 0.25) is 26.3 Å². The molecule has 114 valence electrons. The predicted octanol–water partition coefficient (Wildman–Crippen LogP) is 2.09. The smallest absolute Gasteiger partial charge is 0.250 e. The summed E-state index contributed by atoms with van der Waals surface area (Å²) in [5, 5.41) is 9.12. The summed E-state index contributed by atoms with van der Waals surface area (Å²) < 4.78 is 30.4. The van der Waals surface area contributed by atoms with Crippen molar-refractivity contribution in [3.05, 3.63) is 5.69 Å². The molecular formula is C9H13N7O2S3. The first-order valence-electron chi connectivity index (χ1n) is 5.60. The quantitative estimate of drug-likeness (QED) is 0.654. The summed E-state index contributed by atoms with van der Waals surface area (Å²) in [5.74, 6) is 0.632. The van der Waals surface area contributed by atoms with Gasteiger partial charge < -0.3 is 0 Å². The Morgan fingerprint density at radius 3 is 2.62 bits per heavy atom. The highest BCUT2D eigenvalue weighted by Crippen LogP contribution is 2.26. The number of nitrogens with one attached hydrogen (secondary N) is 1. The fraction of sp³-hybridized carbons (Fsp3) is 0.444. The Bertz CT molecular complexity index is 777. The van der Waals surface area contributed by atoms with E-state index in [4.69, 9.17) is 0 Å².